The molecule has 2 nitrogen and oxygen atoms in total. The van der Waals surface area contributed by atoms with Gasteiger partial charge in [0.2, 0.25) is 0 Å². The first-order valence-corrected chi connectivity index (χ1v) is 6.95. The molecule has 102 valence electrons. The zero-order chi connectivity index (χ0) is 13.8. The highest BCUT2D eigenvalue weighted by atomic mass is 16.3. The van der Waals surface area contributed by atoms with E-state index in [2.05, 4.69) is 26.8 Å². The van der Waals surface area contributed by atoms with Crippen LogP contribution >= 0.6 is 0 Å². The molecule has 0 radical (unpaired) electrons. The summed E-state index contributed by atoms with van der Waals surface area (Å²) in [6.07, 6.45) is 4.78. The van der Waals surface area contributed by atoms with Crippen LogP contribution < -0.4 is 5.73 Å². The number of nitrogens with two attached hydrogens (primary N) is 1. The fraction of sp³-hybridized carbons (Fsp3) is 0.625. The van der Waals surface area contributed by atoms with Gasteiger partial charge in [-0.3, -0.25) is 0 Å². The summed E-state index contributed by atoms with van der Waals surface area (Å²) in [6, 6.07) is 4.04. The summed E-state index contributed by atoms with van der Waals surface area (Å²) < 4.78 is 0. The van der Waals surface area contributed by atoms with E-state index < -0.39 is 0 Å². The molecular weight excluding hydrogens is 222 g/mol. The average molecular weight is 249 g/mol. The van der Waals surface area contributed by atoms with E-state index in [4.69, 9.17) is 5.73 Å². The summed E-state index contributed by atoms with van der Waals surface area (Å²) in [4.78, 5) is 0. The average Bonchev–Trinajstić information content (AvgIpc) is 2.32. The molecule has 0 bridgehead atoms. The fourth-order valence-corrected chi connectivity index (χ4v) is 2.44. The zero-order valence-electron chi connectivity index (χ0n) is 12.2. The maximum atomic E-state index is 10.3. The summed E-state index contributed by atoms with van der Waals surface area (Å²) in [5.41, 5.74) is 8.80. The van der Waals surface area contributed by atoms with Crippen LogP contribution in [-0.2, 0) is 12.0 Å². The fourth-order valence-electron chi connectivity index (χ4n) is 2.44. The van der Waals surface area contributed by atoms with Crippen LogP contribution in [0.4, 0.5) is 0 Å². The van der Waals surface area contributed by atoms with E-state index in [0.29, 0.717) is 12.3 Å². The highest BCUT2D eigenvalue weighted by Gasteiger charge is 2.24. The van der Waals surface area contributed by atoms with Crippen LogP contribution in [0.3, 0.4) is 0 Å². The van der Waals surface area contributed by atoms with E-state index in [0.717, 1.165) is 23.1 Å². The van der Waals surface area contributed by atoms with Gasteiger partial charge in [-0.1, -0.05) is 52.2 Å². The molecule has 0 amide bonds. The molecule has 0 aliphatic rings. The second-order valence-corrected chi connectivity index (χ2v) is 5.85. The Morgan fingerprint density at radius 3 is 2.44 bits per heavy atom. The Hall–Kier alpha value is -1.02. The standard InChI is InChI=1S/C16H27NO/c1-5-6-7-8-16(3,4)14-10-13(11-17)9-12(2)15(14)18/h9-10,18H,5-8,11,17H2,1-4H3. The summed E-state index contributed by atoms with van der Waals surface area (Å²) in [5.74, 6) is 0.439. The van der Waals surface area contributed by atoms with Crippen molar-refractivity contribution in [2.45, 2.75) is 65.3 Å². The van der Waals surface area contributed by atoms with Gasteiger partial charge in [0.05, 0.1) is 0 Å². The summed E-state index contributed by atoms with van der Waals surface area (Å²) >= 11 is 0. The Bertz CT molecular complexity index is 396. The number of benzene rings is 1. The molecule has 3 N–H and O–H groups in total. The van der Waals surface area contributed by atoms with Crippen molar-refractivity contribution in [2.75, 3.05) is 0 Å². The molecule has 0 aliphatic heterocycles. The van der Waals surface area contributed by atoms with E-state index >= 15 is 0 Å². The van der Waals surface area contributed by atoms with Crippen molar-refractivity contribution >= 4 is 0 Å². The number of aryl methyl sites for hydroxylation is 1. The van der Waals surface area contributed by atoms with Crippen LogP contribution in [0.25, 0.3) is 0 Å². The quantitative estimate of drug-likeness (QED) is 0.748. The smallest absolute Gasteiger partial charge is 0.122 e. The van der Waals surface area contributed by atoms with Crippen LogP contribution in [0.2, 0.25) is 0 Å². The Balaban J connectivity index is 3.02. The number of phenols is 1. The van der Waals surface area contributed by atoms with Gasteiger partial charge in [-0.25, -0.2) is 0 Å². The number of rotatable bonds is 6. The summed E-state index contributed by atoms with van der Waals surface area (Å²) in [7, 11) is 0. The number of unbranched alkanes of at least 4 members (excludes halogenated alkanes) is 2. The lowest BCUT2D eigenvalue weighted by Gasteiger charge is -2.27. The highest BCUT2D eigenvalue weighted by molar-refractivity contribution is 5.46. The van der Waals surface area contributed by atoms with Crippen molar-refractivity contribution in [3.05, 3.63) is 28.8 Å². The second-order valence-electron chi connectivity index (χ2n) is 5.85. The SMILES string of the molecule is CCCCCC(C)(C)c1cc(CN)cc(C)c1O. The summed E-state index contributed by atoms with van der Waals surface area (Å²) in [5, 5.41) is 10.3. The monoisotopic (exact) mass is 249 g/mol. The van der Waals surface area contributed by atoms with Gasteiger partial charge in [0.15, 0.2) is 0 Å². The van der Waals surface area contributed by atoms with Crippen molar-refractivity contribution in [1.82, 2.24) is 0 Å². The molecule has 0 aromatic heterocycles. The van der Waals surface area contributed by atoms with Crippen molar-refractivity contribution in [3.8, 4) is 5.75 Å². The molecule has 1 rings (SSSR count). The summed E-state index contributed by atoms with van der Waals surface area (Å²) in [6.45, 7) is 9.10. The Kier molecular flexibility index (Phi) is 5.21. The van der Waals surface area contributed by atoms with Crippen molar-refractivity contribution < 1.29 is 5.11 Å². The minimum Gasteiger partial charge on any atom is -0.507 e. The van der Waals surface area contributed by atoms with Gasteiger partial charge in [-0.2, -0.15) is 0 Å². The van der Waals surface area contributed by atoms with E-state index in [1.165, 1.54) is 19.3 Å². The molecule has 0 unspecified atom stereocenters. The van der Waals surface area contributed by atoms with Crippen LogP contribution in [0.15, 0.2) is 12.1 Å². The van der Waals surface area contributed by atoms with Gasteiger partial charge in [0.1, 0.15) is 5.75 Å². The predicted molar refractivity (Wildman–Crippen MR) is 77.9 cm³/mol. The lowest BCUT2D eigenvalue weighted by Crippen LogP contribution is -2.18. The molecule has 0 saturated carbocycles. The van der Waals surface area contributed by atoms with E-state index in [1.807, 2.05) is 13.0 Å². The van der Waals surface area contributed by atoms with Crippen LogP contribution in [0, 0.1) is 6.92 Å². The lowest BCUT2D eigenvalue weighted by molar-refractivity contribution is 0.405. The Morgan fingerprint density at radius 2 is 1.89 bits per heavy atom. The first-order chi connectivity index (χ1) is 8.42. The molecule has 0 aliphatic carbocycles. The molecule has 0 spiro atoms. The van der Waals surface area contributed by atoms with E-state index in [-0.39, 0.29) is 5.41 Å². The molecule has 2 heteroatoms. The van der Waals surface area contributed by atoms with Gasteiger partial charge < -0.3 is 10.8 Å². The molecule has 1 aromatic carbocycles. The second kappa shape index (κ2) is 6.24. The van der Waals surface area contributed by atoms with Crippen molar-refractivity contribution in [3.63, 3.8) is 0 Å². The molecular formula is C16H27NO. The number of hydrogen-bond acceptors (Lipinski definition) is 2. The van der Waals surface area contributed by atoms with Crippen molar-refractivity contribution in [1.29, 1.82) is 0 Å². The zero-order valence-corrected chi connectivity index (χ0v) is 12.2. The highest BCUT2D eigenvalue weighted by Crippen LogP contribution is 2.37. The lowest BCUT2D eigenvalue weighted by atomic mass is 9.78. The van der Waals surface area contributed by atoms with E-state index in [9.17, 15) is 5.11 Å². The molecule has 0 fully saturated rings. The maximum absolute atomic E-state index is 10.3. The number of hydrogen-bond donors (Lipinski definition) is 2. The van der Waals surface area contributed by atoms with Crippen LogP contribution in [-0.4, -0.2) is 5.11 Å². The number of aromatic hydroxyl groups is 1. The largest absolute Gasteiger partial charge is 0.507 e. The third kappa shape index (κ3) is 3.49. The molecule has 0 saturated heterocycles. The minimum atomic E-state index is 0.00912. The molecule has 1 aromatic rings. The Morgan fingerprint density at radius 1 is 1.22 bits per heavy atom. The molecule has 0 atom stereocenters. The van der Waals surface area contributed by atoms with Gasteiger partial charge in [0, 0.05) is 12.1 Å². The third-order valence-electron chi connectivity index (χ3n) is 3.73. The molecule has 18 heavy (non-hydrogen) atoms. The predicted octanol–water partition coefficient (Wildman–Crippen LogP) is 4.02. The van der Waals surface area contributed by atoms with Gasteiger partial charge in [-0.15, -0.1) is 0 Å². The molecule has 0 heterocycles. The minimum absolute atomic E-state index is 0.00912. The van der Waals surface area contributed by atoms with Crippen LogP contribution in [0.5, 0.6) is 5.75 Å². The van der Waals surface area contributed by atoms with E-state index in [1.54, 1.807) is 0 Å². The van der Waals surface area contributed by atoms with Crippen molar-refractivity contribution in [2.24, 2.45) is 5.73 Å². The Labute approximate surface area is 111 Å². The van der Waals surface area contributed by atoms with Gasteiger partial charge in [-0.05, 0) is 29.9 Å². The third-order valence-corrected chi connectivity index (χ3v) is 3.73. The maximum Gasteiger partial charge on any atom is 0.122 e. The first-order valence-electron chi connectivity index (χ1n) is 6.95. The normalized spacial score (nSPS) is 11.8. The van der Waals surface area contributed by atoms with Gasteiger partial charge in [0.25, 0.3) is 0 Å². The number of phenolic OH excluding ortho intramolecular Hbond substituents is 1. The first kappa shape index (κ1) is 15.0. The van der Waals surface area contributed by atoms with Crippen LogP contribution in [0.1, 0.15) is 63.1 Å². The van der Waals surface area contributed by atoms with Gasteiger partial charge >= 0.3 is 0 Å². The topological polar surface area (TPSA) is 46.2 Å².